The molecule has 0 aromatic carbocycles. The minimum absolute atomic E-state index is 0.0613. The summed E-state index contributed by atoms with van der Waals surface area (Å²) in [6.45, 7) is 5.10. The molecule has 0 aliphatic carbocycles. The highest BCUT2D eigenvalue weighted by molar-refractivity contribution is 5.80. The fourth-order valence-corrected chi connectivity index (χ4v) is 3.45. The molecule has 2 aliphatic rings. The third-order valence-corrected chi connectivity index (χ3v) is 4.56. The number of rotatable bonds is 2. The first kappa shape index (κ1) is 13.4. The molecule has 1 fully saturated rings. The molecule has 4 heterocycles. The topological polar surface area (TPSA) is 89.9 Å². The van der Waals surface area contributed by atoms with Crippen LogP contribution in [0, 0.1) is 19.8 Å². The zero-order chi connectivity index (χ0) is 15.3. The summed E-state index contributed by atoms with van der Waals surface area (Å²) in [5, 5.41) is 16.2. The van der Waals surface area contributed by atoms with Gasteiger partial charge in [0.25, 0.3) is 0 Å². The van der Waals surface area contributed by atoms with Crippen molar-refractivity contribution in [3.63, 3.8) is 0 Å². The van der Waals surface area contributed by atoms with Crippen LogP contribution >= 0.6 is 0 Å². The number of aromatic nitrogens is 5. The summed E-state index contributed by atoms with van der Waals surface area (Å²) in [5.74, 6) is 2.96. The predicted octanol–water partition coefficient (Wildman–Crippen LogP) is 0.814. The minimum atomic E-state index is -0.0826. The van der Waals surface area contributed by atoms with Crippen LogP contribution in [0.1, 0.15) is 42.3 Å². The summed E-state index contributed by atoms with van der Waals surface area (Å²) in [6.07, 6.45) is 2.51. The lowest BCUT2D eigenvalue weighted by atomic mass is 10.1. The van der Waals surface area contributed by atoms with E-state index in [1.54, 1.807) is 6.92 Å². The van der Waals surface area contributed by atoms with Crippen LogP contribution in [0.4, 0.5) is 0 Å². The van der Waals surface area contributed by atoms with E-state index < -0.39 is 0 Å². The Morgan fingerprint density at radius 2 is 2.09 bits per heavy atom. The quantitative estimate of drug-likeness (QED) is 0.815. The van der Waals surface area contributed by atoms with Crippen molar-refractivity contribution in [1.82, 2.24) is 29.9 Å². The lowest BCUT2D eigenvalue weighted by Gasteiger charge is -2.24. The Balaban J connectivity index is 1.53. The molecule has 2 aromatic rings. The fourth-order valence-electron chi connectivity index (χ4n) is 3.45. The molecule has 2 aliphatic heterocycles. The second-order valence-electron chi connectivity index (χ2n) is 6.02. The molecule has 8 heteroatoms. The zero-order valence-electron chi connectivity index (χ0n) is 12.7. The van der Waals surface area contributed by atoms with Gasteiger partial charge in [-0.1, -0.05) is 0 Å². The molecule has 1 unspecified atom stereocenters. The molecule has 0 spiro atoms. The van der Waals surface area contributed by atoms with E-state index in [1.807, 2.05) is 16.4 Å². The predicted molar refractivity (Wildman–Crippen MR) is 74.7 cm³/mol. The summed E-state index contributed by atoms with van der Waals surface area (Å²) >= 11 is 0. The minimum Gasteiger partial charge on any atom is -0.423 e. The van der Waals surface area contributed by atoms with Crippen molar-refractivity contribution in [3.05, 3.63) is 23.4 Å². The molecule has 8 nitrogen and oxygen atoms in total. The first-order valence-electron chi connectivity index (χ1n) is 7.62. The number of carbonyl (C=O) groups is 1. The summed E-state index contributed by atoms with van der Waals surface area (Å²) in [5.41, 5.74) is 0. The van der Waals surface area contributed by atoms with Gasteiger partial charge >= 0.3 is 0 Å². The van der Waals surface area contributed by atoms with Gasteiger partial charge in [0.15, 0.2) is 0 Å². The van der Waals surface area contributed by atoms with E-state index in [0.717, 1.165) is 31.0 Å². The molecular formula is C14H18N6O2. The van der Waals surface area contributed by atoms with E-state index in [9.17, 15) is 4.79 Å². The first-order valence-corrected chi connectivity index (χ1v) is 7.62. The van der Waals surface area contributed by atoms with Crippen LogP contribution in [0.5, 0.6) is 0 Å². The van der Waals surface area contributed by atoms with Crippen LogP contribution < -0.4 is 0 Å². The molecule has 0 radical (unpaired) electrons. The Bertz CT molecular complexity index is 721. The molecular weight excluding hydrogens is 284 g/mol. The molecule has 0 N–H and O–H groups in total. The number of aryl methyl sites for hydroxylation is 2. The highest BCUT2D eigenvalue weighted by atomic mass is 16.4. The van der Waals surface area contributed by atoms with E-state index >= 15 is 0 Å². The molecule has 2 atom stereocenters. The van der Waals surface area contributed by atoms with Gasteiger partial charge in [-0.05, 0) is 19.8 Å². The number of likely N-dealkylation sites (tertiary alicyclic amines) is 1. The van der Waals surface area contributed by atoms with E-state index in [-0.39, 0.29) is 17.9 Å². The van der Waals surface area contributed by atoms with Crippen molar-refractivity contribution in [3.8, 4) is 0 Å². The number of fused-ring (bicyclic) bond motifs is 1. The lowest BCUT2D eigenvalue weighted by Crippen LogP contribution is -2.36. The van der Waals surface area contributed by atoms with Crippen molar-refractivity contribution < 1.29 is 9.21 Å². The van der Waals surface area contributed by atoms with Crippen molar-refractivity contribution in [2.75, 3.05) is 6.54 Å². The van der Waals surface area contributed by atoms with Gasteiger partial charge in [-0.25, -0.2) is 0 Å². The summed E-state index contributed by atoms with van der Waals surface area (Å²) in [4.78, 5) is 14.8. The first-order chi connectivity index (χ1) is 10.6. The second-order valence-corrected chi connectivity index (χ2v) is 6.02. The molecule has 116 valence electrons. The zero-order valence-corrected chi connectivity index (χ0v) is 12.7. The average Bonchev–Trinajstić information content (AvgIpc) is 3.23. The highest BCUT2D eigenvalue weighted by Gasteiger charge is 2.39. The standard InChI is InChI=1S/C14H18N6O2/c1-8-15-17-12-6-10(7-20(8)12)14(21)19-5-3-4-11(19)13-18-16-9(2)22-13/h10-11H,3-7H2,1-2H3/t10?,11-/m1/s1. The number of hydrogen-bond donors (Lipinski definition) is 0. The highest BCUT2D eigenvalue weighted by Crippen LogP contribution is 2.34. The molecule has 2 aromatic heterocycles. The lowest BCUT2D eigenvalue weighted by molar-refractivity contribution is -0.136. The molecule has 0 bridgehead atoms. The second kappa shape index (κ2) is 4.89. The van der Waals surface area contributed by atoms with Gasteiger partial charge in [0.05, 0.1) is 5.92 Å². The van der Waals surface area contributed by atoms with Crippen molar-refractivity contribution in [2.45, 2.75) is 45.7 Å². The Morgan fingerprint density at radius 1 is 1.23 bits per heavy atom. The van der Waals surface area contributed by atoms with Crippen LogP contribution in [0.3, 0.4) is 0 Å². The monoisotopic (exact) mass is 302 g/mol. The van der Waals surface area contributed by atoms with E-state index in [1.165, 1.54) is 0 Å². The Kier molecular flexibility index (Phi) is 2.98. The van der Waals surface area contributed by atoms with Crippen LogP contribution in [0.2, 0.25) is 0 Å². The Morgan fingerprint density at radius 3 is 2.82 bits per heavy atom. The van der Waals surface area contributed by atoms with Gasteiger partial charge in [0.1, 0.15) is 17.7 Å². The van der Waals surface area contributed by atoms with Gasteiger partial charge in [-0.2, -0.15) is 0 Å². The Hall–Kier alpha value is -2.25. The van der Waals surface area contributed by atoms with E-state index in [0.29, 0.717) is 24.7 Å². The molecule has 4 rings (SSSR count). The van der Waals surface area contributed by atoms with Gasteiger partial charge in [-0.3, -0.25) is 4.79 Å². The largest absolute Gasteiger partial charge is 0.423 e. The maximum Gasteiger partial charge on any atom is 0.238 e. The normalized spacial score (nSPS) is 24.0. The summed E-state index contributed by atoms with van der Waals surface area (Å²) in [7, 11) is 0. The third-order valence-electron chi connectivity index (χ3n) is 4.56. The van der Waals surface area contributed by atoms with Crippen LogP contribution in [-0.2, 0) is 17.8 Å². The number of amides is 1. The summed E-state index contributed by atoms with van der Waals surface area (Å²) < 4.78 is 7.56. The SMILES string of the molecule is Cc1nnc([C@H]2CCCN2C(=O)C2Cc3nnc(C)n3C2)o1. The van der Waals surface area contributed by atoms with E-state index in [4.69, 9.17) is 4.42 Å². The number of nitrogens with zero attached hydrogens (tertiary/aromatic N) is 6. The maximum atomic E-state index is 12.9. The van der Waals surface area contributed by atoms with Gasteiger partial charge in [0.2, 0.25) is 17.7 Å². The fraction of sp³-hybridized carbons (Fsp3) is 0.643. The van der Waals surface area contributed by atoms with Gasteiger partial charge in [0, 0.05) is 26.4 Å². The average molecular weight is 302 g/mol. The summed E-state index contributed by atoms with van der Waals surface area (Å²) in [6, 6.07) is -0.0826. The maximum absolute atomic E-state index is 12.9. The van der Waals surface area contributed by atoms with Crippen molar-refractivity contribution in [2.24, 2.45) is 5.92 Å². The van der Waals surface area contributed by atoms with Gasteiger partial charge in [-0.15, -0.1) is 20.4 Å². The van der Waals surface area contributed by atoms with Crippen LogP contribution in [0.25, 0.3) is 0 Å². The van der Waals surface area contributed by atoms with Crippen LogP contribution in [-0.4, -0.2) is 42.3 Å². The third kappa shape index (κ3) is 2.01. The molecule has 1 saturated heterocycles. The molecule has 0 saturated carbocycles. The van der Waals surface area contributed by atoms with Crippen molar-refractivity contribution in [1.29, 1.82) is 0 Å². The van der Waals surface area contributed by atoms with Crippen LogP contribution in [0.15, 0.2) is 4.42 Å². The van der Waals surface area contributed by atoms with E-state index in [2.05, 4.69) is 20.4 Å². The molecule has 22 heavy (non-hydrogen) atoms. The molecule has 1 amide bonds. The van der Waals surface area contributed by atoms with Crippen molar-refractivity contribution >= 4 is 5.91 Å². The number of hydrogen-bond acceptors (Lipinski definition) is 6. The van der Waals surface area contributed by atoms with Gasteiger partial charge < -0.3 is 13.9 Å². The number of carbonyl (C=O) groups excluding carboxylic acids is 1. The smallest absolute Gasteiger partial charge is 0.238 e. The Labute approximate surface area is 127 Å².